The first-order chi connectivity index (χ1) is 7.45. The summed E-state index contributed by atoms with van der Waals surface area (Å²) in [6.45, 7) is 7.77. The maximum Gasteiger partial charge on any atom is 0.180 e. The summed E-state index contributed by atoms with van der Waals surface area (Å²) in [6.07, 6.45) is -0.440. The van der Waals surface area contributed by atoms with Crippen molar-refractivity contribution in [3.8, 4) is 5.75 Å². The monoisotopic (exact) mass is 222 g/mol. The normalized spacial score (nSPS) is 13.6. The van der Waals surface area contributed by atoms with Gasteiger partial charge >= 0.3 is 0 Å². The van der Waals surface area contributed by atoms with E-state index in [4.69, 9.17) is 15.7 Å². The first-order valence-electron chi connectivity index (χ1n) is 5.17. The van der Waals surface area contributed by atoms with Crippen LogP contribution in [0.2, 0.25) is 0 Å². The minimum atomic E-state index is -0.440. The Balaban J connectivity index is 2.97. The van der Waals surface area contributed by atoms with E-state index in [0.717, 1.165) is 16.9 Å². The second-order valence-corrected chi connectivity index (χ2v) is 3.99. The van der Waals surface area contributed by atoms with E-state index in [1.54, 1.807) is 6.92 Å². The topological polar surface area (TPSA) is 67.8 Å². The van der Waals surface area contributed by atoms with Crippen molar-refractivity contribution in [2.75, 3.05) is 0 Å². The van der Waals surface area contributed by atoms with Crippen LogP contribution in [0.5, 0.6) is 5.75 Å². The number of nitrogens with zero attached hydrogens (tertiary/aromatic N) is 1. The van der Waals surface area contributed by atoms with Gasteiger partial charge in [0.2, 0.25) is 0 Å². The van der Waals surface area contributed by atoms with Crippen LogP contribution in [0.4, 0.5) is 0 Å². The van der Waals surface area contributed by atoms with Gasteiger partial charge in [0.25, 0.3) is 0 Å². The molecule has 4 nitrogen and oxygen atoms in total. The van der Waals surface area contributed by atoms with Gasteiger partial charge in [-0.2, -0.15) is 0 Å². The van der Waals surface area contributed by atoms with Gasteiger partial charge < -0.3 is 15.7 Å². The van der Waals surface area contributed by atoms with Crippen molar-refractivity contribution in [3.05, 3.63) is 28.8 Å². The number of hydrogen-bond donors (Lipinski definition) is 2. The number of nitrogens with two attached hydrogens (primary N) is 1. The maximum absolute atomic E-state index is 8.54. The van der Waals surface area contributed by atoms with Crippen LogP contribution in [0.1, 0.15) is 23.6 Å². The van der Waals surface area contributed by atoms with Crippen LogP contribution < -0.4 is 10.5 Å². The second kappa shape index (κ2) is 4.88. The highest BCUT2D eigenvalue weighted by atomic mass is 16.5. The highest BCUT2D eigenvalue weighted by molar-refractivity contribution is 5.84. The van der Waals surface area contributed by atoms with E-state index in [1.807, 2.05) is 26.8 Å². The van der Waals surface area contributed by atoms with Gasteiger partial charge in [-0.15, -0.1) is 0 Å². The molecule has 0 aromatic heterocycles. The molecule has 1 rings (SSSR count). The molecule has 0 fully saturated rings. The molecule has 4 heteroatoms. The van der Waals surface area contributed by atoms with E-state index in [0.29, 0.717) is 0 Å². The van der Waals surface area contributed by atoms with Crippen LogP contribution in [-0.2, 0) is 0 Å². The van der Waals surface area contributed by atoms with Crippen molar-refractivity contribution in [2.24, 2.45) is 10.9 Å². The number of oxime groups is 1. The number of benzene rings is 1. The first-order valence-corrected chi connectivity index (χ1v) is 5.17. The van der Waals surface area contributed by atoms with E-state index in [9.17, 15) is 0 Å². The van der Waals surface area contributed by atoms with Crippen molar-refractivity contribution >= 4 is 5.84 Å². The van der Waals surface area contributed by atoms with Crippen LogP contribution in [0.15, 0.2) is 17.3 Å². The largest absolute Gasteiger partial charge is 0.482 e. The molecule has 0 bridgehead atoms. The van der Waals surface area contributed by atoms with Crippen molar-refractivity contribution in [2.45, 2.75) is 33.8 Å². The van der Waals surface area contributed by atoms with Gasteiger partial charge in [0.1, 0.15) is 5.75 Å². The molecule has 3 N–H and O–H groups in total. The van der Waals surface area contributed by atoms with Gasteiger partial charge in [0, 0.05) is 0 Å². The summed E-state index contributed by atoms with van der Waals surface area (Å²) in [5.41, 5.74) is 8.84. The molecule has 0 amide bonds. The Morgan fingerprint density at radius 3 is 2.56 bits per heavy atom. The Morgan fingerprint density at radius 2 is 2.00 bits per heavy atom. The van der Waals surface area contributed by atoms with Crippen molar-refractivity contribution in [1.29, 1.82) is 0 Å². The summed E-state index contributed by atoms with van der Waals surface area (Å²) in [5.74, 6) is 0.843. The Labute approximate surface area is 95.7 Å². The summed E-state index contributed by atoms with van der Waals surface area (Å²) < 4.78 is 5.64. The molecule has 1 atom stereocenters. The van der Waals surface area contributed by atoms with Gasteiger partial charge in [-0.1, -0.05) is 11.2 Å². The fourth-order valence-corrected chi connectivity index (χ4v) is 1.46. The van der Waals surface area contributed by atoms with Crippen LogP contribution in [0, 0.1) is 20.8 Å². The van der Waals surface area contributed by atoms with Gasteiger partial charge in [0.05, 0.1) is 0 Å². The standard InChI is InChI=1S/C12H18N2O2/c1-7-5-8(2)9(3)11(6-7)16-10(4)12(13)14-15/h5-6,10,15H,1-4H3,(H2,13,14). The molecule has 0 saturated carbocycles. The smallest absolute Gasteiger partial charge is 0.180 e. The van der Waals surface area contributed by atoms with E-state index in [1.165, 1.54) is 5.56 Å². The molecule has 1 aromatic carbocycles. The predicted molar refractivity (Wildman–Crippen MR) is 64.2 cm³/mol. The van der Waals surface area contributed by atoms with E-state index in [-0.39, 0.29) is 5.84 Å². The van der Waals surface area contributed by atoms with Gasteiger partial charge in [-0.3, -0.25) is 0 Å². The molecule has 88 valence electrons. The van der Waals surface area contributed by atoms with Crippen molar-refractivity contribution in [3.63, 3.8) is 0 Å². The minimum Gasteiger partial charge on any atom is -0.482 e. The van der Waals surface area contributed by atoms with Crippen LogP contribution >= 0.6 is 0 Å². The molecule has 1 unspecified atom stereocenters. The third-order valence-corrected chi connectivity index (χ3v) is 2.60. The molecule has 0 spiro atoms. The third kappa shape index (κ3) is 2.66. The quantitative estimate of drug-likeness (QED) is 0.356. The number of rotatable bonds is 3. The Bertz CT molecular complexity index is 414. The van der Waals surface area contributed by atoms with Crippen molar-refractivity contribution in [1.82, 2.24) is 0 Å². The zero-order valence-electron chi connectivity index (χ0n) is 10.1. The van der Waals surface area contributed by atoms with Gasteiger partial charge in [-0.25, -0.2) is 0 Å². The highest BCUT2D eigenvalue weighted by Crippen LogP contribution is 2.24. The lowest BCUT2D eigenvalue weighted by molar-refractivity contribution is 0.264. The summed E-state index contributed by atoms with van der Waals surface area (Å²) in [7, 11) is 0. The zero-order chi connectivity index (χ0) is 12.3. The molecule has 0 aliphatic rings. The Hall–Kier alpha value is -1.71. The lowest BCUT2D eigenvalue weighted by atomic mass is 10.1. The molecule has 1 aromatic rings. The maximum atomic E-state index is 8.54. The molecule has 0 aliphatic carbocycles. The molecular formula is C12H18N2O2. The van der Waals surface area contributed by atoms with Crippen LogP contribution in [0.25, 0.3) is 0 Å². The molecular weight excluding hydrogens is 204 g/mol. The number of aryl methyl sites for hydroxylation is 2. The number of hydrogen-bond acceptors (Lipinski definition) is 3. The lowest BCUT2D eigenvalue weighted by Gasteiger charge is -2.16. The number of amidine groups is 1. The highest BCUT2D eigenvalue weighted by Gasteiger charge is 2.12. The van der Waals surface area contributed by atoms with E-state index < -0.39 is 6.10 Å². The second-order valence-electron chi connectivity index (χ2n) is 3.99. The first kappa shape index (κ1) is 12.4. The van der Waals surface area contributed by atoms with Gasteiger partial charge in [-0.05, 0) is 50.5 Å². The zero-order valence-corrected chi connectivity index (χ0v) is 10.1. The SMILES string of the molecule is Cc1cc(C)c(C)c(OC(C)C(N)=NO)c1. The average molecular weight is 222 g/mol. The summed E-state index contributed by atoms with van der Waals surface area (Å²) in [4.78, 5) is 0. The average Bonchev–Trinajstić information content (AvgIpc) is 2.23. The fraction of sp³-hybridized carbons (Fsp3) is 0.417. The molecule has 0 radical (unpaired) electrons. The van der Waals surface area contributed by atoms with Gasteiger partial charge in [0.15, 0.2) is 11.9 Å². The number of ether oxygens (including phenoxy) is 1. The molecule has 0 saturated heterocycles. The van der Waals surface area contributed by atoms with E-state index >= 15 is 0 Å². The molecule has 16 heavy (non-hydrogen) atoms. The lowest BCUT2D eigenvalue weighted by Crippen LogP contribution is -2.31. The predicted octanol–water partition coefficient (Wildman–Crippen LogP) is 2.13. The minimum absolute atomic E-state index is 0.0681. The summed E-state index contributed by atoms with van der Waals surface area (Å²) in [5, 5.41) is 11.5. The Morgan fingerprint density at radius 1 is 1.38 bits per heavy atom. The van der Waals surface area contributed by atoms with Crippen molar-refractivity contribution < 1.29 is 9.94 Å². The summed E-state index contributed by atoms with van der Waals surface area (Å²) in [6, 6.07) is 4.04. The fourth-order valence-electron chi connectivity index (χ4n) is 1.46. The summed E-state index contributed by atoms with van der Waals surface area (Å²) >= 11 is 0. The molecule has 0 aliphatic heterocycles. The molecule has 0 heterocycles. The Kier molecular flexibility index (Phi) is 3.77. The van der Waals surface area contributed by atoms with Crippen LogP contribution in [-0.4, -0.2) is 17.1 Å². The van der Waals surface area contributed by atoms with Crippen LogP contribution in [0.3, 0.4) is 0 Å². The van der Waals surface area contributed by atoms with E-state index in [2.05, 4.69) is 11.2 Å². The third-order valence-electron chi connectivity index (χ3n) is 2.60.